The molecule has 1 aliphatic heterocycles. The number of fused-ring (bicyclic) bond motifs is 1. The first-order valence-corrected chi connectivity index (χ1v) is 6.55. The Morgan fingerprint density at radius 2 is 1.85 bits per heavy atom. The Morgan fingerprint density at radius 1 is 1.10 bits per heavy atom. The van der Waals surface area contributed by atoms with Gasteiger partial charge in [-0.15, -0.1) is 0 Å². The van der Waals surface area contributed by atoms with Crippen molar-refractivity contribution in [3.8, 4) is 5.75 Å². The Labute approximate surface area is 117 Å². The second-order valence-electron chi connectivity index (χ2n) is 4.73. The molecule has 0 aliphatic carbocycles. The molecular weight excluding hydrogens is 252 g/mol. The Morgan fingerprint density at radius 3 is 2.60 bits per heavy atom. The monoisotopic (exact) mass is 268 g/mol. The van der Waals surface area contributed by atoms with Crippen LogP contribution in [-0.4, -0.2) is 19.6 Å². The van der Waals surface area contributed by atoms with E-state index in [4.69, 9.17) is 4.74 Å². The van der Waals surface area contributed by atoms with Crippen LogP contribution in [0.25, 0.3) is 0 Å². The first-order chi connectivity index (χ1) is 9.78. The maximum absolute atomic E-state index is 12.0. The minimum absolute atomic E-state index is 0.0379. The second kappa shape index (κ2) is 5.25. The van der Waals surface area contributed by atoms with Crippen LogP contribution in [0.15, 0.2) is 48.5 Å². The van der Waals surface area contributed by atoms with Crippen LogP contribution in [0.2, 0.25) is 0 Å². The average Bonchev–Trinajstić information content (AvgIpc) is 2.67. The molecule has 0 aromatic heterocycles. The molecule has 3 rings (SSSR count). The van der Waals surface area contributed by atoms with E-state index in [-0.39, 0.29) is 11.9 Å². The summed E-state index contributed by atoms with van der Waals surface area (Å²) in [6.07, 6.45) is 0. The molecule has 0 spiro atoms. The number of amides is 1. The van der Waals surface area contributed by atoms with Gasteiger partial charge in [-0.3, -0.25) is 4.79 Å². The highest BCUT2D eigenvalue weighted by molar-refractivity contribution is 6.00. The Balaban J connectivity index is 1.90. The molecule has 2 aromatic carbocycles. The zero-order valence-corrected chi connectivity index (χ0v) is 11.2. The molecule has 1 atom stereocenters. The molecule has 0 radical (unpaired) electrons. The van der Waals surface area contributed by atoms with E-state index in [1.807, 2.05) is 48.5 Å². The highest BCUT2D eigenvalue weighted by Crippen LogP contribution is 2.26. The summed E-state index contributed by atoms with van der Waals surface area (Å²) in [7, 11) is 1.65. The van der Waals surface area contributed by atoms with E-state index in [0.717, 1.165) is 17.0 Å². The number of anilines is 1. The largest absolute Gasteiger partial charge is 0.497 e. The molecule has 1 unspecified atom stereocenters. The molecule has 1 aliphatic rings. The number of benzene rings is 2. The highest BCUT2D eigenvalue weighted by atomic mass is 16.5. The van der Waals surface area contributed by atoms with E-state index >= 15 is 0 Å². The van der Waals surface area contributed by atoms with E-state index < -0.39 is 0 Å². The summed E-state index contributed by atoms with van der Waals surface area (Å²) in [5, 5.41) is 6.36. The zero-order chi connectivity index (χ0) is 13.9. The van der Waals surface area contributed by atoms with Gasteiger partial charge in [0.1, 0.15) is 5.75 Å². The van der Waals surface area contributed by atoms with Crippen molar-refractivity contribution in [2.75, 3.05) is 19.0 Å². The number of methoxy groups -OCH3 is 1. The van der Waals surface area contributed by atoms with E-state index in [9.17, 15) is 4.79 Å². The van der Waals surface area contributed by atoms with Gasteiger partial charge in [0, 0.05) is 12.2 Å². The number of hydrogen-bond donors (Lipinski definition) is 2. The van der Waals surface area contributed by atoms with Crippen molar-refractivity contribution in [2.45, 2.75) is 6.04 Å². The maximum atomic E-state index is 12.0. The van der Waals surface area contributed by atoms with Crippen molar-refractivity contribution in [2.24, 2.45) is 0 Å². The predicted octanol–water partition coefficient (Wildman–Crippen LogP) is 2.59. The summed E-state index contributed by atoms with van der Waals surface area (Å²) < 4.78 is 5.16. The average molecular weight is 268 g/mol. The minimum atomic E-state index is -0.0379. The zero-order valence-electron chi connectivity index (χ0n) is 11.2. The summed E-state index contributed by atoms with van der Waals surface area (Å²) in [6, 6.07) is 15.5. The number of carbonyl (C=O) groups excluding carboxylic acids is 1. The van der Waals surface area contributed by atoms with Crippen molar-refractivity contribution >= 4 is 11.6 Å². The molecule has 2 N–H and O–H groups in total. The summed E-state index contributed by atoms with van der Waals surface area (Å²) in [4.78, 5) is 12.0. The van der Waals surface area contributed by atoms with Gasteiger partial charge in [-0.05, 0) is 29.8 Å². The van der Waals surface area contributed by atoms with Gasteiger partial charge in [-0.2, -0.15) is 0 Å². The lowest BCUT2D eigenvalue weighted by atomic mass is 10.1. The molecule has 102 valence electrons. The molecule has 4 heteroatoms. The van der Waals surface area contributed by atoms with Gasteiger partial charge in [0.15, 0.2) is 0 Å². The van der Waals surface area contributed by atoms with E-state index in [1.165, 1.54) is 0 Å². The normalized spacial score (nSPS) is 17.4. The lowest BCUT2D eigenvalue weighted by molar-refractivity contribution is 0.0955. The lowest BCUT2D eigenvalue weighted by Gasteiger charge is -2.18. The van der Waals surface area contributed by atoms with E-state index in [0.29, 0.717) is 12.1 Å². The van der Waals surface area contributed by atoms with E-state index in [2.05, 4.69) is 10.6 Å². The molecule has 1 amide bonds. The highest BCUT2D eigenvalue weighted by Gasteiger charge is 2.21. The second-order valence-corrected chi connectivity index (χ2v) is 4.73. The number of para-hydroxylation sites is 1. The smallest absolute Gasteiger partial charge is 0.253 e. The van der Waals surface area contributed by atoms with Gasteiger partial charge in [0.25, 0.3) is 5.91 Å². The van der Waals surface area contributed by atoms with Crippen LogP contribution in [0.5, 0.6) is 5.75 Å². The van der Waals surface area contributed by atoms with Crippen LogP contribution < -0.4 is 15.4 Å². The SMILES string of the molecule is COc1ccc(C2CNC(=O)c3ccccc3N2)cc1. The lowest BCUT2D eigenvalue weighted by Crippen LogP contribution is -2.27. The predicted molar refractivity (Wildman–Crippen MR) is 78.1 cm³/mol. The number of hydrogen-bond acceptors (Lipinski definition) is 3. The molecule has 0 saturated carbocycles. The third-order valence-corrected chi connectivity index (χ3v) is 3.49. The molecular formula is C16H16N2O2. The molecule has 4 nitrogen and oxygen atoms in total. The van der Waals surface area contributed by atoms with E-state index in [1.54, 1.807) is 7.11 Å². The first kappa shape index (κ1) is 12.5. The fraction of sp³-hybridized carbons (Fsp3) is 0.188. The Kier molecular flexibility index (Phi) is 3.29. The standard InChI is InChI=1S/C16H16N2O2/c1-20-12-8-6-11(7-9-12)15-10-17-16(19)13-4-2-3-5-14(13)18-15/h2-9,15,18H,10H2,1H3,(H,17,19). The first-order valence-electron chi connectivity index (χ1n) is 6.55. The van der Waals surface area contributed by atoms with Crippen LogP contribution >= 0.6 is 0 Å². The van der Waals surface area contributed by atoms with Crippen LogP contribution in [0.4, 0.5) is 5.69 Å². The van der Waals surface area contributed by atoms with Crippen LogP contribution in [-0.2, 0) is 0 Å². The number of ether oxygens (including phenoxy) is 1. The van der Waals surface area contributed by atoms with Crippen molar-refractivity contribution < 1.29 is 9.53 Å². The molecule has 0 bridgehead atoms. The minimum Gasteiger partial charge on any atom is -0.497 e. The van der Waals surface area contributed by atoms with Crippen LogP contribution in [0.1, 0.15) is 22.0 Å². The third-order valence-electron chi connectivity index (χ3n) is 3.49. The molecule has 0 fully saturated rings. The summed E-state index contributed by atoms with van der Waals surface area (Å²) in [5.41, 5.74) is 2.66. The van der Waals surface area contributed by atoms with Crippen LogP contribution in [0, 0.1) is 0 Å². The molecule has 1 heterocycles. The fourth-order valence-electron chi connectivity index (χ4n) is 2.37. The van der Waals surface area contributed by atoms with Gasteiger partial charge >= 0.3 is 0 Å². The summed E-state index contributed by atoms with van der Waals surface area (Å²) in [5.74, 6) is 0.788. The van der Waals surface area contributed by atoms with Gasteiger partial charge in [-0.1, -0.05) is 24.3 Å². The summed E-state index contributed by atoms with van der Waals surface area (Å²) >= 11 is 0. The third kappa shape index (κ3) is 2.32. The molecule has 0 saturated heterocycles. The number of nitrogens with one attached hydrogen (secondary N) is 2. The number of rotatable bonds is 2. The number of carbonyl (C=O) groups is 1. The molecule has 2 aromatic rings. The topological polar surface area (TPSA) is 50.4 Å². The summed E-state index contributed by atoms with van der Waals surface area (Å²) in [6.45, 7) is 0.555. The van der Waals surface area contributed by atoms with Crippen LogP contribution in [0.3, 0.4) is 0 Å². The van der Waals surface area contributed by atoms with Crippen molar-refractivity contribution in [1.82, 2.24) is 5.32 Å². The maximum Gasteiger partial charge on any atom is 0.253 e. The Bertz CT molecular complexity index is 623. The van der Waals surface area contributed by atoms with Gasteiger partial charge in [0.05, 0.1) is 18.7 Å². The fourth-order valence-corrected chi connectivity index (χ4v) is 2.37. The van der Waals surface area contributed by atoms with Crippen molar-refractivity contribution in [3.63, 3.8) is 0 Å². The van der Waals surface area contributed by atoms with Gasteiger partial charge in [0.2, 0.25) is 0 Å². The molecule has 20 heavy (non-hydrogen) atoms. The quantitative estimate of drug-likeness (QED) is 0.880. The van der Waals surface area contributed by atoms with Crippen molar-refractivity contribution in [1.29, 1.82) is 0 Å². The van der Waals surface area contributed by atoms with Gasteiger partial charge in [-0.25, -0.2) is 0 Å². The van der Waals surface area contributed by atoms with Crippen molar-refractivity contribution in [3.05, 3.63) is 59.7 Å². The Hall–Kier alpha value is -2.49. The van der Waals surface area contributed by atoms with Gasteiger partial charge < -0.3 is 15.4 Å².